The molecule has 1 amide bonds. The van der Waals surface area contributed by atoms with Crippen molar-refractivity contribution in [2.75, 3.05) is 6.61 Å². The summed E-state index contributed by atoms with van der Waals surface area (Å²) in [6.45, 7) is -0.128. The van der Waals surface area contributed by atoms with Crippen molar-refractivity contribution in [3.8, 4) is 11.3 Å². The lowest BCUT2D eigenvalue weighted by molar-refractivity contribution is -0.137. The molecule has 6 nitrogen and oxygen atoms in total. The summed E-state index contributed by atoms with van der Waals surface area (Å²) in [7, 11) is 0. The number of aromatic nitrogens is 2. The van der Waals surface area contributed by atoms with Crippen LogP contribution in [0.5, 0.6) is 0 Å². The fraction of sp³-hybridized carbons (Fsp3) is 0.167. The van der Waals surface area contributed by atoms with E-state index < -0.39 is 30.4 Å². The molecule has 0 saturated carbocycles. The number of carbonyl (C=O) groups excluding carboxylic acids is 1. The molecule has 4 rings (SSSR count). The Labute approximate surface area is 186 Å². The minimum absolute atomic E-state index is 0.0324. The quantitative estimate of drug-likeness (QED) is 0.411. The van der Waals surface area contributed by atoms with E-state index in [0.29, 0.717) is 23.4 Å². The van der Waals surface area contributed by atoms with E-state index in [9.17, 15) is 28.2 Å². The zero-order chi connectivity index (χ0) is 23.8. The molecule has 0 aliphatic rings. The van der Waals surface area contributed by atoms with Crippen molar-refractivity contribution in [3.05, 3.63) is 89.2 Å². The third-order valence-electron chi connectivity index (χ3n) is 5.36. The van der Waals surface area contributed by atoms with Gasteiger partial charge in [0.1, 0.15) is 11.8 Å². The summed E-state index contributed by atoms with van der Waals surface area (Å²) < 4.78 is 40.3. The number of rotatable bonds is 6. The number of primary amides is 1. The number of fused-ring (bicyclic) bond motifs is 1. The largest absolute Gasteiger partial charge is 0.416 e. The highest BCUT2D eigenvalue weighted by molar-refractivity contribution is 5.92. The second-order valence-electron chi connectivity index (χ2n) is 7.65. The highest BCUT2D eigenvalue weighted by Crippen LogP contribution is 2.30. The lowest BCUT2D eigenvalue weighted by Crippen LogP contribution is -2.15. The van der Waals surface area contributed by atoms with E-state index in [4.69, 9.17) is 5.73 Å². The Morgan fingerprint density at radius 3 is 2.42 bits per heavy atom. The molecule has 0 fully saturated rings. The first-order chi connectivity index (χ1) is 15.7. The number of amides is 1. The zero-order valence-corrected chi connectivity index (χ0v) is 17.3. The van der Waals surface area contributed by atoms with Crippen LogP contribution < -0.4 is 5.73 Å². The SMILES string of the molecule is NC(=O)c1cc([C@@H](O)CO)cc(-c2ccc3c(ccn3Cc3ccc(C(F)(F)F)cc3)c2)n1. The molecule has 33 heavy (non-hydrogen) atoms. The van der Waals surface area contributed by atoms with Crippen molar-refractivity contribution < 1.29 is 28.2 Å². The molecule has 0 spiro atoms. The van der Waals surface area contributed by atoms with Crippen LogP contribution in [0.1, 0.15) is 33.3 Å². The Kier molecular flexibility index (Phi) is 5.92. The van der Waals surface area contributed by atoms with Gasteiger partial charge in [0.05, 0.1) is 17.9 Å². The van der Waals surface area contributed by atoms with Crippen molar-refractivity contribution in [1.29, 1.82) is 0 Å². The van der Waals surface area contributed by atoms with Crippen molar-refractivity contribution in [3.63, 3.8) is 0 Å². The number of halogens is 3. The Morgan fingerprint density at radius 2 is 1.79 bits per heavy atom. The minimum Gasteiger partial charge on any atom is -0.393 e. The maximum Gasteiger partial charge on any atom is 0.416 e. The van der Waals surface area contributed by atoms with Crippen LogP contribution in [-0.4, -0.2) is 32.3 Å². The fourth-order valence-electron chi connectivity index (χ4n) is 3.62. The van der Waals surface area contributed by atoms with Crippen LogP contribution in [0, 0.1) is 0 Å². The van der Waals surface area contributed by atoms with Gasteiger partial charge in [-0.2, -0.15) is 13.2 Å². The van der Waals surface area contributed by atoms with E-state index >= 15 is 0 Å². The highest BCUT2D eigenvalue weighted by atomic mass is 19.4. The molecule has 0 radical (unpaired) electrons. The van der Waals surface area contributed by atoms with E-state index in [-0.39, 0.29) is 5.69 Å². The number of aliphatic hydroxyl groups excluding tert-OH is 2. The number of hydrogen-bond acceptors (Lipinski definition) is 4. The number of hydrogen-bond donors (Lipinski definition) is 3. The van der Waals surface area contributed by atoms with Gasteiger partial charge < -0.3 is 20.5 Å². The molecule has 0 bridgehead atoms. The molecular formula is C24H20F3N3O3. The summed E-state index contributed by atoms with van der Waals surface area (Å²) in [6, 6.07) is 15.3. The number of nitrogens with zero attached hydrogens (tertiary/aromatic N) is 2. The molecule has 1 atom stereocenters. The van der Waals surface area contributed by atoms with Crippen LogP contribution in [0.25, 0.3) is 22.2 Å². The molecule has 4 N–H and O–H groups in total. The molecule has 170 valence electrons. The molecule has 0 saturated heterocycles. The first kappa shape index (κ1) is 22.5. The maximum absolute atomic E-state index is 12.8. The lowest BCUT2D eigenvalue weighted by atomic mass is 10.0. The first-order valence-electron chi connectivity index (χ1n) is 10.0. The van der Waals surface area contributed by atoms with Crippen LogP contribution >= 0.6 is 0 Å². The summed E-state index contributed by atoms with van der Waals surface area (Å²) in [4.78, 5) is 15.9. The van der Waals surface area contributed by atoms with Crippen LogP contribution in [0.15, 0.2) is 66.9 Å². The average Bonchev–Trinajstić information content (AvgIpc) is 3.19. The molecule has 0 aliphatic heterocycles. The number of benzene rings is 2. The Hall–Kier alpha value is -3.69. The molecule has 0 unspecified atom stereocenters. The van der Waals surface area contributed by atoms with Crippen LogP contribution in [0.3, 0.4) is 0 Å². The summed E-state index contributed by atoms with van der Waals surface area (Å²) in [6.07, 6.45) is -3.72. The van der Waals surface area contributed by atoms with Crippen molar-refractivity contribution in [2.24, 2.45) is 5.73 Å². The number of nitrogens with two attached hydrogens (primary N) is 1. The number of aliphatic hydroxyl groups is 2. The van der Waals surface area contributed by atoms with Gasteiger partial charge in [0.25, 0.3) is 5.91 Å². The van der Waals surface area contributed by atoms with E-state index in [2.05, 4.69) is 4.98 Å². The summed E-state index contributed by atoms with van der Waals surface area (Å²) in [5, 5.41) is 20.1. The monoisotopic (exact) mass is 455 g/mol. The second-order valence-corrected chi connectivity index (χ2v) is 7.65. The minimum atomic E-state index is -4.37. The van der Waals surface area contributed by atoms with Gasteiger partial charge in [-0.05, 0) is 53.6 Å². The number of pyridine rings is 1. The maximum atomic E-state index is 12.8. The normalized spacial score (nSPS) is 12.8. The highest BCUT2D eigenvalue weighted by Gasteiger charge is 2.29. The molecule has 4 aromatic rings. The molecule has 2 aromatic carbocycles. The fourth-order valence-corrected chi connectivity index (χ4v) is 3.62. The zero-order valence-electron chi connectivity index (χ0n) is 17.3. The summed E-state index contributed by atoms with van der Waals surface area (Å²) >= 11 is 0. The third-order valence-corrected chi connectivity index (χ3v) is 5.36. The van der Waals surface area contributed by atoms with Crippen molar-refractivity contribution in [1.82, 2.24) is 9.55 Å². The van der Waals surface area contributed by atoms with Crippen molar-refractivity contribution in [2.45, 2.75) is 18.8 Å². The van der Waals surface area contributed by atoms with Crippen molar-refractivity contribution >= 4 is 16.8 Å². The van der Waals surface area contributed by atoms with Gasteiger partial charge in [-0.15, -0.1) is 0 Å². The Bertz CT molecular complexity index is 1310. The van der Waals surface area contributed by atoms with Crippen LogP contribution in [0.4, 0.5) is 13.2 Å². The Balaban J connectivity index is 1.66. The summed E-state index contributed by atoms with van der Waals surface area (Å²) in [5.41, 5.74) is 7.62. The lowest BCUT2D eigenvalue weighted by Gasteiger charge is -2.12. The van der Waals surface area contributed by atoms with E-state index in [1.54, 1.807) is 12.1 Å². The molecule has 2 heterocycles. The van der Waals surface area contributed by atoms with Gasteiger partial charge >= 0.3 is 6.18 Å². The molecule has 2 aromatic heterocycles. The van der Waals surface area contributed by atoms with Crippen LogP contribution in [0.2, 0.25) is 0 Å². The van der Waals surface area contributed by atoms with E-state index in [0.717, 1.165) is 28.6 Å². The van der Waals surface area contributed by atoms with Gasteiger partial charge in [0, 0.05) is 29.2 Å². The molecule has 9 heteroatoms. The third kappa shape index (κ3) is 4.74. The van der Waals surface area contributed by atoms with Gasteiger partial charge in [-0.25, -0.2) is 4.98 Å². The average molecular weight is 455 g/mol. The number of carbonyl (C=O) groups is 1. The Morgan fingerprint density at radius 1 is 1.06 bits per heavy atom. The second kappa shape index (κ2) is 8.68. The smallest absolute Gasteiger partial charge is 0.393 e. The topological polar surface area (TPSA) is 101 Å². The predicted molar refractivity (Wildman–Crippen MR) is 116 cm³/mol. The van der Waals surface area contributed by atoms with Gasteiger partial charge in [-0.3, -0.25) is 4.79 Å². The molecule has 0 aliphatic carbocycles. The van der Waals surface area contributed by atoms with Gasteiger partial charge in [0.2, 0.25) is 0 Å². The van der Waals surface area contributed by atoms with Gasteiger partial charge in [0.15, 0.2) is 0 Å². The standard InChI is InChI=1S/C24H20F3N3O3/c25-24(26,27)18-4-1-14(2-5-18)12-30-8-7-16-9-15(3-6-21(16)30)19-10-17(22(32)13-31)11-20(29-19)23(28)33/h1-11,22,31-32H,12-13H2,(H2,28,33)/t22-/m0/s1. The van der Waals surface area contributed by atoms with Crippen LogP contribution in [-0.2, 0) is 12.7 Å². The predicted octanol–water partition coefficient (Wildman–Crippen LogP) is 3.90. The van der Waals surface area contributed by atoms with Gasteiger partial charge in [-0.1, -0.05) is 18.2 Å². The van der Waals surface area contributed by atoms with E-state index in [1.165, 1.54) is 18.2 Å². The first-order valence-corrected chi connectivity index (χ1v) is 10.0. The molecular weight excluding hydrogens is 435 g/mol. The van der Waals surface area contributed by atoms with E-state index in [1.807, 2.05) is 29.0 Å². The number of alkyl halides is 3. The summed E-state index contributed by atoms with van der Waals surface area (Å²) in [5.74, 6) is -0.757.